The minimum Gasteiger partial charge on any atom is -0.123 e. The smallest absolute Gasteiger partial charge is 0.0248 e. The molecule has 0 aliphatic carbocycles. The molecule has 0 spiro atoms. The lowest BCUT2D eigenvalue weighted by atomic mass is 10.1. The normalized spacial score (nSPS) is 15.5. The molecule has 0 aliphatic heterocycles. The van der Waals surface area contributed by atoms with Gasteiger partial charge in [0.05, 0.1) is 0 Å². The van der Waals surface area contributed by atoms with Crippen LogP contribution >= 0.6 is 11.8 Å². The first-order valence-corrected chi connectivity index (χ1v) is 7.55. The zero-order valence-electron chi connectivity index (χ0n) is 12.4. The van der Waals surface area contributed by atoms with Crippen molar-refractivity contribution in [1.29, 1.82) is 0 Å². The number of allylic oxidation sites excluding steroid dienone is 4. The summed E-state index contributed by atoms with van der Waals surface area (Å²) in [5.41, 5.74) is 4.13. The predicted molar refractivity (Wildman–Crippen MR) is 83.5 cm³/mol. The van der Waals surface area contributed by atoms with Crippen LogP contribution in [0.3, 0.4) is 0 Å². The van der Waals surface area contributed by atoms with E-state index in [0.717, 1.165) is 19.3 Å². The molecule has 0 fully saturated rings. The molecule has 1 atom stereocenters. The molecule has 0 N–H and O–H groups in total. The third-order valence-corrected chi connectivity index (χ3v) is 4.55. The summed E-state index contributed by atoms with van der Waals surface area (Å²) in [6.45, 7) is 17.4. The summed E-state index contributed by atoms with van der Waals surface area (Å²) in [7, 11) is 0. The van der Waals surface area contributed by atoms with Gasteiger partial charge in [-0.05, 0) is 44.9 Å². The number of thioether (sulfide) groups is 1. The van der Waals surface area contributed by atoms with E-state index in [4.69, 9.17) is 0 Å². The molecule has 0 saturated carbocycles. The first kappa shape index (κ1) is 16.6. The van der Waals surface area contributed by atoms with Crippen molar-refractivity contribution in [2.45, 2.75) is 66.1 Å². The van der Waals surface area contributed by atoms with Crippen molar-refractivity contribution in [3.05, 3.63) is 34.3 Å². The van der Waals surface area contributed by atoms with Crippen LogP contribution < -0.4 is 0 Å². The molecular weight excluding hydrogens is 224 g/mol. The second-order valence-electron chi connectivity index (χ2n) is 4.54. The molecule has 0 bridgehead atoms. The van der Waals surface area contributed by atoms with Gasteiger partial charge in [0.2, 0.25) is 0 Å². The largest absolute Gasteiger partial charge is 0.123 e. The first-order valence-electron chi connectivity index (χ1n) is 6.67. The van der Waals surface area contributed by atoms with Crippen LogP contribution in [0.15, 0.2) is 34.3 Å². The summed E-state index contributed by atoms with van der Waals surface area (Å²) in [4.78, 5) is 1.55. The zero-order chi connectivity index (χ0) is 13.4. The van der Waals surface area contributed by atoms with Crippen LogP contribution in [-0.2, 0) is 0 Å². The second-order valence-corrected chi connectivity index (χ2v) is 6.01. The zero-order valence-corrected chi connectivity index (χ0v) is 13.2. The standard InChI is InChI=1S/C16H28S/c1-8-12(4)14(6)11-15(7)17-16(10-3)13(5)9-2/h11,15H,4,8-10H2,1-3,5-7H3/b14-11-,16-13-. The van der Waals surface area contributed by atoms with Crippen LogP contribution in [0.1, 0.15) is 60.8 Å². The molecule has 0 aliphatic rings. The van der Waals surface area contributed by atoms with E-state index >= 15 is 0 Å². The van der Waals surface area contributed by atoms with Gasteiger partial charge in [0.1, 0.15) is 0 Å². The Bertz CT molecular complexity index is 307. The van der Waals surface area contributed by atoms with E-state index in [1.54, 1.807) is 4.91 Å². The van der Waals surface area contributed by atoms with Crippen molar-refractivity contribution in [2.75, 3.05) is 0 Å². The van der Waals surface area contributed by atoms with E-state index in [0.29, 0.717) is 5.25 Å². The molecule has 0 nitrogen and oxygen atoms in total. The van der Waals surface area contributed by atoms with Gasteiger partial charge in [0.25, 0.3) is 0 Å². The van der Waals surface area contributed by atoms with Crippen molar-refractivity contribution in [2.24, 2.45) is 0 Å². The van der Waals surface area contributed by atoms with Crippen LogP contribution in [0.25, 0.3) is 0 Å². The number of rotatable bonds is 7. The average molecular weight is 252 g/mol. The molecule has 1 unspecified atom stereocenters. The van der Waals surface area contributed by atoms with Crippen molar-refractivity contribution < 1.29 is 0 Å². The maximum absolute atomic E-state index is 4.09. The molecule has 0 heterocycles. The van der Waals surface area contributed by atoms with Gasteiger partial charge in [-0.25, -0.2) is 0 Å². The fourth-order valence-electron chi connectivity index (χ4n) is 1.69. The van der Waals surface area contributed by atoms with Crippen molar-refractivity contribution in [1.82, 2.24) is 0 Å². The summed E-state index contributed by atoms with van der Waals surface area (Å²) in [6.07, 6.45) is 5.70. The molecule has 0 aromatic rings. The third kappa shape index (κ3) is 6.16. The molecule has 0 rings (SSSR count). The Labute approximate surface area is 112 Å². The molecule has 0 saturated heterocycles. The van der Waals surface area contributed by atoms with Crippen LogP contribution in [0.5, 0.6) is 0 Å². The fraction of sp³-hybridized carbons (Fsp3) is 0.625. The Hall–Kier alpha value is -0.430. The van der Waals surface area contributed by atoms with E-state index in [9.17, 15) is 0 Å². The number of hydrogen-bond acceptors (Lipinski definition) is 1. The van der Waals surface area contributed by atoms with Crippen molar-refractivity contribution in [3.63, 3.8) is 0 Å². The van der Waals surface area contributed by atoms with Gasteiger partial charge in [0.15, 0.2) is 0 Å². The molecule has 17 heavy (non-hydrogen) atoms. The predicted octanol–water partition coefficient (Wildman–Crippen LogP) is 6.11. The Morgan fingerprint density at radius 3 is 2.12 bits per heavy atom. The van der Waals surface area contributed by atoms with Gasteiger partial charge in [-0.1, -0.05) is 50.1 Å². The quantitative estimate of drug-likeness (QED) is 0.492. The molecule has 98 valence electrons. The lowest BCUT2D eigenvalue weighted by Gasteiger charge is -2.14. The molecule has 0 aromatic carbocycles. The summed E-state index contributed by atoms with van der Waals surface area (Å²) < 4.78 is 0. The van der Waals surface area contributed by atoms with Crippen LogP contribution in [0, 0.1) is 0 Å². The molecule has 0 radical (unpaired) electrons. The topological polar surface area (TPSA) is 0 Å². The Kier molecular flexibility index (Phi) is 8.41. The second kappa shape index (κ2) is 8.63. The Balaban J connectivity index is 4.64. The fourth-order valence-corrected chi connectivity index (χ4v) is 2.92. The highest BCUT2D eigenvalue weighted by atomic mass is 32.2. The highest BCUT2D eigenvalue weighted by Crippen LogP contribution is 2.30. The van der Waals surface area contributed by atoms with Gasteiger partial charge in [-0.2, -0.15) is 0 Å². The van der Waals surface area contributed by atoms with E-state index in [1.807, 2.05) is 11.8 Å². The van der Waals surface area contributed by atoms with Gasteiger partial charge in [-0.15, -0.1) is 11.8 Å². The first-order chi connectivity index (χ1) is 7.96. The summed E-state index contributed by atoms with van der Waals surface area (Å²) in [5, 5.41) is 0.537. The monoisotopic (exact) mass is 252 g/mol. The Morgan fingerprint density at radius 2 is 1.71 bits per heavy atom. The highest BCUT2D eigenvalue weighted by Gasteiger charge is 2.06. The molecular formula is C16H28S. The lowest BCUT2D eigenvalue weighted by molar-refractivity contribution is 1.04. The third-order valence-electron chi connectivity index (χ3n) is 3.12. The number of hydrogen-bond donors (Lipinski definition) is 0. The SMILES string of the molecule is C=C(CC)/C(C)=C\C(C)S/C(CC)=C(/C)CC. The van der Waals surface area contributed by atoms with Crippen LogP contribution in [0.2, 0.25) is 0 Å². The summed E-state index contributed by atoms with van der Waals surface area (Å²) >= 11 is 2.00. The van der Waals surface area contributed by atoms with Crippen LogP contribution in [0.4, 0.5) is 0 Å². The average Bonchev–Trinajstić information content (AvgIpc) is 2.33. The van der Waals surface area contributed by atoms with E-state index in [-0.39, 0.29) is 0 Å². The highest BCUT2D eigenvalue weighted by molar-refractivity contribution is 8.03. The molecule has 1 heteroatoms. The van der Waals surface area contributed by atoms with Crippen LogP contribution in [-0.4, -0.2) is 5.25 Å². The maximum atomic E-state index is 4.09. The molecule has 0 aromatic heterocycles. The van der Waals surface area contributed by atoms with E-state index in [2.05, 4.69) is 54.2 Å². The van der Waals surface area contributed by atoms with E-state index < -0.39 is 0 Å². The van der Waals surface area contributed by atoms with Gasteiger partial charge >= 0.3 is 0 Å². The summed E-state index contributed by atoms with van der Waals surface area (Å²) in [6, 6.07) is 0. The Morgan fingerprint density at radius 1 is 1.12 bits per heavy atom. The molecule has 0 amide bonds. The van der Waals surface area contributed by atoms with Gasteiger partial charge in [0, 0.05) is 5.25 Å². The van der Waals surface area contributed by atoms with E-state index in [1.165, 1.54) is 16.7 Å². The minimum absolute atomic E-state index is 0.537. The minimum atomic E-state index is 0.537. The maximum Gasteiger partial charge on any atom is 0.0248 e. The lowest BCUT2D eigenvalue weighted by Crippen LogP contribution is -1.96. The van der Waals surface area contributed by atoms with Gasteiger partial charge < -0.3 is 0 Å². The summed E-state index contributed by atoms with van der Waals surface area (Å²) in [5.74, 6) is 0. The van der Waals surface area contributed by atoms with Crippen molar-refractivity contribution in [3.8, 4) is 0 Å². The van der Waals surface area contributed by atoms with Gasteiger partial charge in [-0.3, -0.25) is 0 Å². The van der Waals surface area contributed by atoms with Crippen molar-refractivity contribution >= 4 is 11.8 Å².